The molecule has 0 aliphatic carbocycles. The Morgan fingerprint density at radius 1 is 1.36 bits per heavy atom. The number of hydrogen-bond acceptors (Lipinski definition) is 2. The molecule has 0 heterocycles. The molecule has 3 heteroatoms. The van der Waals surface area contributed by atoms with Crippen LogP contribution in [0, 0.1) is 0 Å². The third-order valence-electron chi connectivity index (χ3n) is 1.28. The Hall–Kier alpha value is -0.340. The Bertz CT molecular complexity index is 210. The van der Waals surface area contributed by atoms with E-state index in [0.29, 0.717) is 0 Å². The molecule has 0 aliphatic heterocycles. The van der Waals surface area contributed by atoms with Crippen molar-refractivity contribution in [3.63, 3.8) is 0 Å². The molecule has 0 bridgehead atoms. The first-order chi connectivity index (χ1) is 5.36. The lowest BCUT2D eigenvalue weighted by molar-refractivity contribution is 0.388. The summed E-state index contributed by atoms with van der Waals surface area (Å²) in [5, 5.41) is 0. The topological polar surface area (TPSA) is 9.23 Å². The van der Waals surface area contributed by atoms with Crippen molar-refractivity contribution in [3.05, 3.63) is 24.3 Å². The first-order valence-electron chi connectivity index (χ1n) is 3.19. The second-order valence-corrected chi connectivity index (χ2v) is 3.03. The van der Waals surface area contributed by atoms with Crippen LogP contribution in [0.15, 0.2) is 29.2 Å². The van der Waals surface area contributed by atoms with Gasteiger partial charge in [-0.05, 0) is 30.5 Å². The summed E-state index contributed by atoms with van der Waals surface area (Å²) in [6, 6.07) is 8.04. The third-order valence-corrected chi connectivity index (χ3v) is 2.13. The minimum Gasteiger partial charge on any atom is -0.478 e. The van der Waals surface area contributed by atoms with Gasteiger partial charge in [-0.15, -0.1) is 11.8 Å². The highest BCUT2D eigenvalue weighted by atomic mass is 35.5. The Kier molecular flexibility index (Phi) is 3.60. The van der Waals surface area contributed by atoms with E-state index >= 15 is 0 Å². The monoisotopic (exact) mass is 188 g/mol. The lowest BCUT2D eigenvalue weighted by Gasteiger charge is -2.01. The van der Waals surface area contributed by atoms with E-state index in [0.717, 1.165) is 5.75 Å². The zero-order valence-corrected chi connectivity index (χ0v) is 7.78. The molecule has 0 aliphatic rings. The summed E-state index contributed by atoms with van der Waals surface area (Å²) in [4.78, 5) is 1.23. The summed E-state index contributed by atoms with van der Waals surface area (Å²) in [6.07, 6.45) is 2.04. The number of thioether (sulfide) groups is 1. The van der Waals surface area contributed by atoms with E-state index in [-0.39, 0.29) is 6.07 Å². The summed E-state index contributed by atoms with van der Waals surface area (Å²) in [6.45, 7) is 0. The van der Waals surface area contributed by atoms with Gasteiger partial charge < -0.3 is 4.74 Å². The third kappa shape index (κ3) is 2.64. The van der Waals surface area contributed by atoms with Crippen LogP contribution in [0.4, 0.5) is 0 Å². The highest BCUT2D eigenvalue weighted by molar-refractivity contribution is 7.98. The zero-order chi connectivity index (χ0) is 8.10. The Balaban J connectivity index is 2.66. The van der Waals surface area contributed by atoms with Gasteiger partial charge in [-0.2, -0.15) is 0 Å². The number of ether oxygens (including phenoxy) is 1. The fourth-order valence-electron chi connectivity index (χ4n) is 0.735. The van der Waals surface area contributed by atoms with Crippen LogP contribution in [0.5, 0.6) is 5.75 Å². The standard InChI is InChI=1S/C8H9ClOS/c1-11-8-4-2-7(3-5-8)10-6-9/h2-5H,6H2,1H3. The maximum atomic E-state index is 5.38. The minimum atomic E-state index is 0.207. The van der Waals surface area contributed by atoms with Gasteiger partial charge in [0.2, 0.25) is 0 Å². The number of halogens is 1. The predicted molar refractivity (Wildman–Crippen MR) is 49.6 cm³/mol. The van der Waals surface area contributed by atoms with Gasteiger partial charge in [0.1, 0.15) is 5.75 Å². The lowest BCUT2D eigenvalue weighted by atomic mass is 10.3. The molecular weight excluding hydrogens is 180 g/mol. The van der Waals surface area contributed by atoms with Gasteiger partial charge in [-0.3, -0.25) is 0 Å². The second kappa shape index (κ2) is 4.52. The van der Waals surface area contributed by atoms with E-state index in [1.165, 1.54) is 4.90 Å². The van der Waals surface area contributed by atoms with Crippen LogP contribution >= 0.6 is 23.4 Å². The minimum absolute atomic E-state index is 0.207. The van der Waals surface area contributed by atoms with Crippen LogP contribution in [-0.2, 0) is 0 Å². The van der Waals surface area contributed by atoms with Crippen molar-refractivity contribution in [1.29, 1.82) is 0 Å². The highest BCUT2D eigenvalue weighted by Crippen LogP contribution is 2.18. The zero-order valence-electron chi connectivity index (χ0n) is 6.21. The fraction of sp³-hybridized carbons (Fsp3) is 0.250. The molecule has 0 atom stereocenters. The molecule has 0 fully saturated rings. The van der Waals surface area contributed by atoms with Crippen molar-refractivity contribution in [2.45, 2.75) is 4.90 Å². The molecular formula is C8H9ClOS. The molecule has 0 N–H and O–H groups in total. The molecule has 1 nitrogen and oxygen atoms in total. The number of benzene rings is 1. The molecule has 0 unspecified atom stereocenters. The quantitative estimate of drug-likeness (QED) is 0.533. The first-order valence-corrected chi connectivity index (χ1v) is 4.95. The van der Waals surface area contributed by atoms with Crippen molar-refractivity contribution >= 4 is 23.4 Å². The average Bonchev–Trinajstić information content (AvgIpc) is 2.07. The van der Waals surface area contributed by atoms with Gasteiger partial charge in [0.15, 0.2) is 6.07 Å². The average molecular weight is 189 g/mol. The Morgan fingerprint density at radius 2 is 2.00 bits per heavy atom. The van der Waals surface area contributed by atoms with Gasteiger partial charge >= 0.3 is 0 Å². The molecule has 0 radical (unpaired) electrons. The Labute approximate surface area is 75.7 Å². The smallest absolute Gasteiger partial charge is 0.162 e. The molecule has 1 aromatic rings. The van der Waals surface area contributed by atoms with Crippen LogP contribution in [0.2, 0.25) is 0 Å². The van der Waals surface area contributed by atoms with Gasteiger partial charge in [0.05, 0.1) is 0 Å². The number of rotatable bonds is 3. The normalized spacial score (nSPS) is 9.64. The lowest BCUT2D eigenvalue weighted by Crippen LogP contribution is -1.87. The van der Waals surface area contributed by atoms with Crippen LogP contribution in [0.3, 0.4) is 0 Å². The number of alkyl halides is 1. The van der Waals surface area contributed by atoms with E-state index in [9.17, 15) is 0 Å². The van der Waals surface area contributed by atoms with E-state index in [2.05, 4.69) is 0 Å². The van der Waals surface area contributed by atoms with Gasteiger partial charge in [0, 0.05) is 4.90 Å². The molecule has 11 heavy (non-hydrogen) atoms. The van der Waals surface area contributed by atoms with Crippen molar-refractivity contribution in [2.24, 2.45) is 0 Å². The SMILES string of the molecule is CSc1ccc(OCCl)cc1. The van der Waals surface area contributed by atoms with Gasteiger partial charge in [-0.25, -0.2) is 0 Å². The van der Waals surface area contributed by atoms with Crippen LogP contribution in [0.25, 0.3) is 0 Å². The van der Waals surface area contributed by atoms with Crippen LogP contribution < -0.4 is 4.74 Å². The number of hydrogen-bond donors (Lipinski definition) is 0. The van der Waals surface area contributed by atoms with Crippen molar-refractivity contribution < 1.29 is 4.74 Å². The van der Waals surface area contributed by atoms with Crippen LogP contribution in [-0.4, -0.2) is 12.3 Å². The second-order valence-electron chi connectivity index (χ2n) is 1.93. The van der Waals surface area contributed by atoms with Crippen molar-refractivity contribution in [2.75, 3.05) is 12.3 Å². The largest absolute Gasteiger partial charge is 0.478 e. The molecule has 60 valence electrons. The van der Waals surface area contributed by atoms with Crippen molar-refractivity contribution in [3.8, 4) is 5.75 Å². The van der Waals surface area contributed by atoms with Gasteiger partial charge in [-0.1, -0.05) is 11.6 Å². The fourth-order valence-corrected chi connectivity index (χ4v) is 1.27. The maximum absolute atomic E-state index is 5.38. The summed E-state index contributed by atoms with van der Waals surface area (Å²) in [7, 11) is 0. The van der Waals surface area contributed by atoms with Crippen LogP contribution in [0.1, 0.15) is 0 Å². The molecule has 1 aromatic carbocycles. The summed E-state index contributed by atoms with van der Waals surface area (Å²) in [5.74, 6) is 0.817. The molecule has 0 saturated heterocycles. The molecule has 0 amide bonds. The van der Waals surface area contributed by atoms with Crippen molar-refractivity contribution in [1.82, 2.24) is 0 Å². The molecule has 0 spiro atoms. The van der Waals surface area contributed by atoms with E-state index in [1.54, 1.807) is 11.8 Å². The molecule has 0 aromatic heterocycles. The summed E-state index contributed by atoms with van der Waals surface area (Å²) in [5.41, 5.74) is 0. The van der Waals surface area contributed by atoms with E-state index in [4.69, 9.17) is 16.3 Å². The summed E-state index contributed by atoms with van der Waals surface area (Å²) < 4.78 is 5.06. The van der Waals surface area contributed by atoms with Gasteiger partial charge in [0.25, 0.3) is 0 Å². The predicted octanol–water partition coefficient (Wildman–Crippen LogP) is 2.98. The molecule has 1 rings (SSSR count). The molecule has 0 saturated carbocycles. The highest BCUT2D eigenvalue weighted by Gasteiger charge is 1.91. The summed E-state index contributed by atoms with van der Waals surface area (Å²) >= 11 is 7.09. The Morgan fingerprint density at radius 3 is 2.45 bits per heavy atom. The first kappa shape index (κ1) is 8.75. The van der Waals surface area contributed by atoms with E-state index in [1.807, 2.05) is 30.5 Å². The maximum Gasteiger partial charge on any atom is 0.162 e. The van der Waals surface area contributed by atoms with E-state index < -0.39 is 0 Å².